The lowest BCUT2D eigenvalue weighted by molar-refractivity contribution is -0.630. The summed E-state index contributed by atoms with van der Waals surface area (Å²) >= 11 is 0. The molecule has 2 aromatic rings. The van der Waals surface area contributed by atoms with Crippen LogP contribution >= 0.6 is 0 Å². The molecule has 0 saturated heterocycles. The Morgan fingerprint density at radius 3 is 2.52 bits per heavy atom. The molecule has 1 aliphatic heterocycles. The molecule has 25 heavy (non-hydrogen) atoms. The Balaban J connectivity index is 1.67. The summed E-state index contributed by atoms with van der Waals surface area (Å²) in [5.41, 5.74) is 4.34. The molecule has 3 rings (SSSR count). The molecular formula is C19H21N4O2+. The highest BCUT2D eigenvalue weighted by molar-refractivity contribution is 6.01. The van der Waals surface area contributed by atoms with E-state index in [2.05, 4.69) is 35.7 Å². The number of nitrogens with zero attached hydrogens (tertiary/aromatic N) is 3. The second kappa shape index (κ2) is 7.27. The molecule has 2 aromatic carbocycles. The van der Waals surface area contributed by atoms with Crippen molar-refractivity contribution in [3.8, 4) is 0 Å². The van der Waals surface area contributed by atoms with Crippen LogP contribution in [0.5, 0.6) is 0 Å². The molecule has 0 aliphatic carbocycles. The molecule has 0 fully saturated rings. The highest BCUT2D eigenvalue weighted by Crippen LogP contribution is 2.24. The lowest BCUT2D eigenvalue weighted by Crippen LogP contribution is -2.79. The largest absolute Gasteiger partial charge is 0.314 e. The van der Waals surface area contributed by atoms with E-state index < -0.39 is 4.92 Å². The van der Waals surface area contributed by atoms with E-state index in [4.69, 9.17) is 0 Å². The number of hydrogen-bond donors (Lipinski definition) is 1. The van der Waals surface area contributed by atoms with Crippen molar-refractivity contribution in [2.75, 3.05) is 11.6 Å². The smallest absolute Gasteiger partial charge is 0.269 e. The Bertz CT molecular complexity index is 813. The molecule has 0 unspecified atom stereocenters. The molecule has 2 N–H and O–H groups in total. The fourth-order valence-electron chi connectivity index (χ4n) is 2.75. The quantitative estimate of drug-likeness (QED) is 0.673. The van der Waals surface area contributed by atoms with Crippen LogP contribution in [0.1, 0.15) is 25.5 Å². The Morgan fingerprint density at radius 1 is 1.20 bits per heavy atom. The summed E-state index contributed by atoms with van der Waals surface area (Å²) in [6.45, 7) is 4.82. The Labute approximate surface area is 146 Å². The lowest BCUT2D eigenvalue weighted by Gasteiger charge is -2.13. The van der Waals surface area contributed by atoms with Crippen molar-refractivity contribution in [2.45, 2.75) is 19.9 Å². The maximum absolute atomic E-state index is 10.8. The maximum Gasteiger partial charge on any atom is 0.269 e. The van der Waals surface area contributed by atoms with Crippen LogP contribution in [0.2, 0.25) is 0 Å². The molecule has 1 atom stereocenters. The minimum atomic E-state index is -0.395. The molecule has 0 aromatic heterocycles. The van der Waals surface area contributed by atoms with Crippen molar-refractivity contribution in [2.24, 2.45) is 5.10 Å². The number of quaternary nitrogens is 1. The summed E-state index contributed by atoms with van der Waals surface area (Å²) < 4.78 is 0. The summed E-state index contributed by atoms with van der Waals surface area (Å²) in [4.78, 5) is 10.4. The third-order valence-corrected chi connectivity index (χ3v) is 4.33. The van der Waals surface area contributed by atoms with Crippen molar-refractivity contribution in [1.29, 1.82) is 0 Å². The van der Waals surface area contributed by atoms with Crippen molar-refractivity contribution >= 4 is 17.1 Å². The molecule has 128 valence electrons. The van der Waals surface area contributed by atoms with Crippen LogP contribution in [-0.2, 0) is 0 Å². The number of nitro groups is 1. The summed E-state index contributed by atoms with van der Waals surface area (Å²) in [5, 5.41) is 19.4. The Morgan fingerprint density at radius 2 is 1.88 bits per heavy atom. The van der Waals surface area contributed by atoms with Gasteiger partial charge in [0.2, 0.25) is 0 Å². The number of hydrogen-bond acceptors (Lipinski definition) is 4. The van der Waals surface area contributed by atoms with Gasteiger partial charge in [-0.15, -0.1) is 0 Å². The van der Waals surface area contributed by atoms with Gasteiger partial charge in [0.05, 0.1) is 22.9 Å². The first-order chi connectivity index (χ1) is 12.0. The normalized spacial score (nSPS) is 16.8. The van der Waals surface area contributed by atoms with Crippen molar-refractivity contribution in [3.63, 3.8) is 0 Å². The van der Waals surface area contributed by atoms with Gasteiger partial charge in [-0.2, -0.15) is 5.10 Å². The zero-order chi connectivity index (χ0) is 17.8. The van der Waals surface area contributed by atoms with Gasteiger partial charge in [-0.3, -0.25) is 15.1 Å². The standard InChI is InChI=1S/C19H20N4O2/c1-14(16-6-4-3-5-7-16)20-12-17-13-22(21-15(17)2)18-8-10-19(11-9-18)23(24)25/h3-12,14,20H,13H2,1-2H3/p+1/b17-12+/t14-/m0/s1. The molecular weight excluding hydrogens is 316 g/mol. The van der Waals surface area contributed by atoms with E-state index in [9.17, 15) is 10.1 Å². The predicted molar refractivity (Wildman–Crippen MR) is 98.4 cm³/mol. The molecule has 0 amide bonds. The third kappa shape index (κ3) is 3.92. The van der Waals surface area contributed by atoms with E-state index in [1.54, 1.807) is 12.1 Å². The predicted octanol–water partition coefficient (Wildman–Crippen LogP) is 3.00. The van der Waals surface area contributed by atoms with Gasteiger partial charge in [0, 0.05) is 23.3 Å². The number of rotatable bonds is 5. The van der Waals surface area contributed by atoms with Crippen molar-refractivity contribution in [1.82, 2.24) is 0 Å². The van der Waals surface area contributed by atoms with Crippen molar-refractivity contribution < 1.29 is 10.2 Å². The van der Waals surface area contributed by atoms with E-state index in [0.717, 1.165) is 17.0 Å². The van der Waals surface area contributed by atoms with Gasteiger partial charge in [0.15, 0.2) is 0 Å². The van der Waals surface area contributed by atoms with E-state index in [0.29, 0.717) is 12.6 Å². The van der Waals surface area contributed by atoms with Crippen LogP contribution < -0.4 is 10.3 Å². The topological polar surface area (TPSA) is 75.3 Å². The minimum absolute atomic E-state index is 0.0874. The van der Waals surface area contributed by atoms with Gasteiger partial charge in [-0.25, -0.2) is 0 Å². The number of benzene rings is 2. The van der Waals surface area contributed by atoms with Gasteiger partial charge in [-0.1, -0.05) is 30.3 Å². The number of anilines is 1. The number of nitro benzene ring substituents is 1. The lowest BCUT2D eigenvalue weighted by atomic mass is 10.1. The van der Waals surface area contributed by atoms with Gasteiger partial charge >= 0.3 is 0 Å². The third-order valence-electron chi connectivity index (χ3n) is 4.33. The van der Waals surface area contributed by atoms with E-state index in [1.807, 2.05) is 30.1 Å². The minimum Gasteiger partial charge on any atom is -0.314 e. The highest BCUT2D eigenvalue weighted by Gasteiger charge is 2.20. The fraction of sp³-hybridized carbons (Fsp3) is 0.211. The van der Waals surface area contributed by atoms with Crippen LogP contribution in [0.4, 0.5) is 11.4 Å². The molecule has 0 radical (unpaired) electrons. The van der Waals surface area contributed by atoms with Crippen molar-refractivity contribution in [3.05, 3.63) is 82.0 Å². The van der Waals surface area contributed by atoms with E-state index >= 15 is 0 Å². The summed E-state index contributed by atoms with van der Waals surface area (Å²) in [6.07, 6.45) is 2.13. The molecule has 0 spiro atoms. The average Bonchev–Trinajstić information content (AvgIpc) is 3.01. The molecule has 6 nitrogen and oxygen atoms in total. The fourth-order valence-corrected chi connectivity index (χ4v) is 2.75. The number of non-ortho nitro benzene ring substituents is 1. The summed E-state index contributed by atoms with van der Waals surface area (Å²) in [5.74, 6) is 0. The second-order valence-electron chi connectivity index (χ2n) is 6.10. The molecule has 0 bridgehead atoms. The van der Waals surface area contributed by atoms with Crippen LogP contribution in [0.3, 0.4) is 0 Å². The van der Waals surface area contributed by atoms with Gasteiger partial charge in [0.25, 0.3) is 5.69 Å². The summed E-state index contributed by atoms with van der Waals surface area (Å²) in [6, 6.07) is 17.2. The van der Waals surface area contributed by atoms with Crippen LogP contribution in [-0.4, -0.2) is 17.2 Å². The van der Waals surface area contributed by atoms with Gasteiger partial charge in [-0.05, 0) is 26.0 Å². The van der Waals surface area contributed by atoms with Gasteiger partial charge < -0.3 is 5.32 Å². The first-order valence-electron chi connectivity index (χ1n) is 8.21. The zero-order valence-electron chi connectivity index (χ0n) is 14.3. The molecule has 6 heteroatoms. The molecule has 1 aliphatic rings. The number of nitrogens with two attached hydrogens (primary N) is 1. The van der Waals surface area contributed by atoms with Gasteiger partial charge in [0.1, 0.15) is 12.2 Å². The first-order valence-corrected chi connectivity index (χ1v) is 8.21. The van der Waals surface area contributed by atoms with E-state index in [-0.39, 0.29) is 5.69 Å². The second-order valence-corrected chi connectivity index (χ2v) is 6.10. The Hall–Kier alpha value is -2.99. The van der Waals surface area contributed by atoms with Crippen LogP contribution in [0, 0.1) is 10.1 Å². The first kappa shape index (κ1) is 16.9. The summed E-state index contributed by atoms with van der Waals surface area (Å²) in [7, 11) is 0. The monoisotopic (exact) mass is 337 g/mol. The van der Waals surface area contributed by atoms with E-state index in [1.165, 1.54) is 17.7 Å². The zero-order valence-corrected chi connectivity index (χ0v) is 14.3. The SMILES string of the molecule is CC1=NN(c2ccc([N+](=O)[O-])cc2)C/C1=C\[NH2+][C@@H](C)c1ccccc1. The Kier molecular flexibility index (Phi) is 4.90. The maximum atomic E-state index is 10.8. The van der Waals surface area contributed by atoms with Crippen LogP contribution in [0.25, 0.3) is 0 Å². The molecule has 1 heterocycles. The van der Waals surface area contributed by atoms with Crippen LogP contribution in [0.15, 0.2) is 71.5 Å². The highest BCUT2D eigenvalue weighted by atomic mass is 16.6. The average molecular weight is 337 g/mol. The number of hydrazone groups is 1. The molecule has 0 saturated carbocycles.